The maximum atomic E-state index is 12.2. The molecule has 0 spiro atoms. The third kappa shape index (κ3) is 2.67. The van der Waals surface area contributed by atoms with Crippen LogP contribution >= 0.6 is 34.3 Å². The minimum atomic E-state index is -3.59. The third-order valence-corrected chi connectivity index (χ3v) is 6.60. The molecule has 0 aliphatic carbocycles. The van der Waals surface area contributed by atoms with E-state index in [1.165, 1.54) is 17.4 Å². The van der Waals surface area contributed by atoms with Gasteiger partial charge < -0.3 is 0 Å². The van der Waals surface area contributed by atoms with Crippen molar-refractivity contribution in [2.24, 2.45) is 0 Å². The number of rotatable bonds is 3. The Kier molecular flexibility index (Phi) is 3.45. The second-order valence-corrected chi connectivity index (χ2v) is 8.94. The van der Waals surface area contributed by atoms with Crippen LogP contribution < -0.4 is 4.72 Å². The average Bonchev–Trinajstić information content (AvgIpc) is 2.93. The number of aromatic nitrogens is 1. The van der Waals surface area contributed by atoms with E-state index in [1.807, 2.05) is 6.92 Å². The first-order valence-electron chi connectivity index (χ1n) is 5.59. The normalized spacial score (nSPS) is 11.9. The van der Waals surface area contributed by atoms with Gasteiger partial charge in [0, 0.05) is 0 Å². The highest BCUT2D eigenvalue weighted by Gasteiger charge is 2.17. The van der Waals surface area contributed by atoms with Gasteiger partial charge in [0.1, 0.15) is 4.21 Å². The molecule has 4 nitrogen and oxygen atoms in total. The molecule has 0 aliphatic rings. The molecule has 2 aromatic heterocycles. The van der Waals surface area contributed by atoms with Crippen LogP contribution in [0.1, 0.15) is 5.01 Å². The molecule has 0 radical (unpaired) electrons. The number of benzene rings is 1. The smallest absolute Gasteiger partial charge is 0.271 e. The van der Waals surface area contributed by atoms with Gasteiger partial charge in [0.05, 0.1) is 25.2 Å². The van der Waals surface area contributed by atoms with E-state index in [9.17, 15) is 8.42 Å². The Balaban J connectivity index is 1.96. The lowest BCUT2D eigenvalue weighted by atomic mass is 10.3. The number of thiazole rings is 1. The maximum absolute atomic E-state index is 12.2. The number of hydrogen-bond acceptors (Lipinski definition) is 5. The van der Waals surface area contributed by atoms with Gasteiger partial charge in [-0.3, -0.25) is 4.72 Å². The van der Waals surface area contributed by atoms with E-state index in [0.29, 0.717) is 10.0 Å². The van der Waals surface area contributed by atoms with Crippen molar-refractivity contribution in [1.82, 2.24) is 4.98 Å². The summed E-state index contributed by atoms with van der Waals surface area (Å²) < 4.78 is 28.5. The molecule has 0 atom stereocenters. The Hall–Kier alpha value is -1.15. The molecule has 0 amide bonds. The van der Waals surface area contributed by atoms with E-state index in [1.54, 1.807) is 24.3 Å². The van der Waals surface area contributed by atoms with Crippen molar-refractivity contribution in [2.45, 2.75) is 11.1 Å². The van der Waals surface area contributed by atoms with Crippen molar-refractivity contribution in [3.63, 3.8) is 0 Å². The molecule has 0 saturated heterocycles. The largest absolute Gasteiger partial charge is 0.279 e. The monoisotopic (exact) mass is 344 g/mol. The zero-order valence-corrected chi connectivity index (χ0v) is 13.5. The number of halogens is 1. The van der Waals surface area contributed by atoms with Crippen LogP contribution in [-0.4, -0.2) is 13.4 Å². The molecule has 20 heavy (non-hydrogen) atoms. The van der Waals surface area contributed by atoms with E-state index in [4.69, 9.17) is 11.6 Å². The van der Waals surface area contributed by atoms with Crippen LogP contribution in [0.3, 0.4) is 0 Å². The Morgan fingerprint density at radius 2 is 2.00 bits per heavy atom. The van der Waals surface area contributed by atoms with Crippen LogP contribution in [0.2, 0.25) is 4.34 Å². The van der Waals surface area contributed by atoms with Crippen LogP contribution in [-0.2, 0) is 10.0 Å². The number of anilines is 1. The highest BCUT2D eigenvalue weighted by Crippen LogP contribution is 2.29. The predicted molar refractivity (Wildman–Crippen MR) is 84.5 cm³/mol. The lowest BCUT2D eigenvalue weighted by molar-refractivity contribution is 0.603. The summed E-state index contributed by atoms with van der Waals surface area (Å²) in [5, 5.41) is 0.949. The van der Waals surface area contributed by atoms with Crippen molar-refractivity contribution in [1.29, 1.82) is 0 Å². The summed E-state index contributed by atoms with van der Waals surface area (Å²) in [4.78, 5) is 4.34. The number of aryl methyl sites for hydroxylation is 1. The second kappa shape index (κ2) is 5.00. The van der Waals surface area contributed by atoms with Crippen LogP contribution in [0, 0.1) is 6.92 Å². The summed E-state index contributed by atoms with van der Waals surface area (Å²) in [5.74, 6) is 0. The van der Waals surface area contributed by atoms with Crippen molar-refractivity contribution in [3.8, 4) is 0 Å². The third-order valence-electron chi connectivity index (χ3n) is 2.56. The fraction of sp³-hybridized carbons (Fsp3) is 0.0833. The van der Waals surface area contributed by atoms with E-state index < -0.39 is 10.0 Å². The van der Waals surface area contributed by atoms with Crippen molar-refractivity contribution < 1.29 is 8.42 Å². The second-order valence-electron chi connectivity index (χ2n) is 4.08. The topological polar surface area (TPSA) is 59.1 Å². The molecule has 0 bridgehead atoms. The molecule has 0 fully saturated rings. The van der Waals surface area contributed by atoms with Gasteiger partial charge >= 0.3 is 0 Å². The summed E-state index contributed by atoms with van der Waals surface area (Å²) in [7, 11) is -3.59. The fourth-order valence-electron chi connectivity index (χ4n) is 1.75. The number of nitrogens with zero attached hydrogens (tertiary/aromatic N) is 1. The molecule has 0 unspecified atom stereocenters. The van der Waals surface area contributed by atoms with Gasteiger partial charge in [-0.15, -0.1) is 22.7 Å². The Bertz CT molecular complexity index is 883. The molecule has 1 aromatic carbocycles. The lowest BCUT2D eigenvalue weighted by Gasteiger charge is -2.05. The summed E-state index contributed by atoms with van der Waals surface area (Å²) >= 11 is 8.32. The molecule has 104 valence electrons. The van der Waals surface area contributed by atoms with Gasteiger partial charge in [-0.1, -0.05) is 11.6 Å². The number of thiophene rings is 1. The van der Waals surface area contributed by atoms with Gasteiger partial charge in [-0.25, -0.2) is 13.4 Å². The quantitative estimate of drug-likeness (QED) is 0.777. The molecule has 0 aliphatic heterocycles. The van der Waals surface area contributed by atoms with Crippen LogP contribution in [0.4, 0.5) is 5.69 Å². The zero-order valence-electron chi connectivity index (χ0n) is 10.3. The SMILES string of the molecule is Cc1nc2ccc(NS(=O)(=O)c3ccc(Cl)s3)cc2s1. The lowest BCUT2D eigenvalue weighted by Crippen LogP contribution is -2.11. The number of nitrogens with one attached hydrogen (secondary N) is 1. The molecule has 3 rings (SSSR count). The van der Waals surface area contributed by atoms with Crippen LogP contribution in [0.15, 0.2) is 34.5 Å². The van der Waals surface area contributed by atoms with E-state index in [-0.39, 0.29) is 4.21 Å². The van der Waals surface area contributed by atoms with E-state index in [2.05, 4.69) is 9.71 Å². The fourth-order valence-corrected chi connectivity index (χ4v) is 5.15. The van der Waals surface area contributed by atoms with Crippen molar-refractivity contribution >= 4 is 60.2 Å². The van der Waals surface area contributed by atoms with Crippen LogP contribution in [0.25, 0.3) is 10.2 Å². The minimum Gasteiger partial charge on any atom is -0.279 e. The number of sulfonamides is 1. The van der Waals surface area contributed by atoms with Gasteiger partial charge in [-0.2, -0.15) is 0 Å². The molecule has 8 heteroatoms. The van der Waals surface area contributed by atoms with Gasteiger partial charge in [-0.05, 0) is 37.3 Å². The Labute approximate surface area is 129 Å². The highest BCUT2D eigenvalue weighted by atomic mass is 35.5. The molecular weight excluding hydrogens is 336 g/mol. The molecule has 2 heterocycles. The standard InChI is InChI=1S/C12H9ClN2O2S3/c1-7-14-9-3-2-8(6-10(9)18-7)15-20(16,17)12-5-4-11(13)19-12/h2-6,15H,1H3. The molecular formula is C12H9ClN2O2S3. The Morgan fingerprint density at radius 3 is 2.70 bits per heavy atom. The number of hydrogen-bond donors (Lipinski definition) is 1. The summed E-state index contributed by atoms with van der Waals surface area (Å²) in [6.45, 7) is 1.92. The summed E-state index contributed by atoms with van der Waals surface area (Å²) in [5.41, 5.74) is 1.39. The first-order chi connectivity index (χ1) is 9.44. The van der Waals surface area contributed by atoms with Crippen LogP contribution in [0.5, 0.6) is 0 Å². The average molecular weight is 345 g/mol. The van der Waals surface area contributed by atoms with Gasteiger partial charge in [0.15, 0.2) is 0 Å². The summed E-state index contributed by atoms with van der Waals surface area (Å²) in [6, 6.07) is 8.35. The molecule has 1 N–H and O–H groups in total. The molecule has 3 aromatic rings. The van der Waals surface area contributed by atoms with Gasteiger partial charge in [0.2, 0.25) is 0 Å². The minimum absolute atomic E-state index is 0.197. The Morgan fingerprint density at radius 1 is 1.20 bits per heavy atom. The zero-order chi connectivity index (χ0) is 14.3. The predicted octanol–water partition coefficient (Wildman–Crippen LogP) is 4.12. The summed E-state index contributed by atoms with van der Waals surface area (Å²) in [6.07, 6.45) is 0. The van der Waals surface area contributed by atoms with Gasteiger partial charge in [0.25, 0.3) is 10.0 Å². The van der Waals surface area contributed by atoms with E-state index in [0.717, 1.165) is 26.6 Å². The maximum Gasteiger partial charge on any atom is 0.271 e. The first kappa shape index (κ1) is 13.8. The highest BCUT2D eigenvalue weighted by molar-refractivity contribution is 7.94. The van der Waals surface area contributed by atoms with E-state index >= 15 is 0 Å². The molecule has 0 saturated carbocycles. The first-order valence-corrected chi connectivity index (χ1v) is 9.09. The number of fused-ring (bicyclic) bond motifs is 1. The van der Waals surface area contributed by atoms with Crippen molar-refractivity contribution in [3.05, 3.63) is 39.7 Å². The van der Waals surface area contributed by atoms with Crippen molar-refractivity contribution in [2.75, 3.05) is 4.72 Å².